The van der Waals surface area contributed by atoms with Gasteiger partial charge in [-0.15, -0.1) is 0 Å². The first-order chi connectivity index (χ1) is 12.5. The van der Waals surface area contributed by atoms with Crippen LogP contribution < -0.4 is 5.32 Å². The lowest BCUT2D eigenvalue weighted by molar-refractivity contribution is -0.122. The van der Waals surface area contributed by atoms with Gasteiger partial charge in [-0.05, 0) is 42.9 Å². The van der Waals surface area contributed by atoms with Gasteiger partial charge in [0.25, 0.3) is 5.91 Å². The second-order valence-corrected chi connectivity index (χ2v) is 7.65. The largest absolute Gasteiger partial charge is 0.352 e. The highest BCUT2D eigenvalue weighted by atomic mass is 16.2. The molecule has 1 saturated heterocycles. The number of likely N-dealkylation sites (tertiary alicyclic amines) is 1. The molecule has 26 heavy (non-hydrogen) atoms. The standard InChI is InChI=1S/C19H23N5O2/c1-19(5-6-19)12-17(25)22-15-4-10-23(13-15)18(26)14-3-8-20-16(11-14)24-9-2-7-21-24/h2-3,7-9,11,15H,4-6,10,12-13H2,1H3,(H,22,25). The van der Waals surface area contributed by atoms with E-state index in [2.05, 4.69) is 22.3 Å². The summed E-state index contributed by atoms with van der Waals surface area (Å²) in [5, 5.41) is 7.23. The van der Waals surface area contributed by atoms with Gasteiger partial charge in [0.1, 0.15) is 0 Å². The highest BCUT2D eigenvalue weighted by Gasteiger charge is 2.39. The second kappa shape index (κ2) is 6.55. The molecule has 4 rings (SSSR count). The first-order valence-electron chi connectivity index (χ1n) is 9.07. The Morgan fingerprint density at radius 3 is 2.92 bits per heavy atom. The summed E-state index contributed by atoms with van der Waals surface area (Å²) in [5.41, 5.74) is 0.793. The number of nitrogens with one attached hydrogen (secondary N) is 1. The van der Waals surface area contributed by atoms with E-state index in [0.717, 1.165) is 19.3 Å². The minimum atomic E-state index is -0.0355. The van der Waals surface area contributed by atoms with Crippen LogP contribution in [0.4, 0.5) is 0 Å². The molecule has 2 amide bonds. The van der Waals surface area contributed by atoms with Crippen molar-refractivity contribution in [2.75, 3.05) is 13.1 Å². The predicted molar refractivity (Wildman–Crippen MR) is 95.8 cm³/mol. The van der Waals surface area contributed by atoms with Crippen LogP contribution in [-0.4, -0.2) is 50.6 Å². The Morgan fingerprint density at radius 2 is 2.19 bits per heavy atom. The Balaban J connectivity index is 1.37. The molecule has 2 aromatic heterocycles. The molecule has 2 aromatic rings. The average molecular weight is 353 g/mol. The van der Waals surface area contributed by atoms with Crippen molar-refractivity contribution < 1.29 is 9.59 Å². The first-order valence-corrected chi connectivity index (χ1v) is 9.07. The fraction of sp³-hybridized carbons (Fsp3) is 0.474. The summed E-state index contributed by atoms with van der Waals surface area (Å²) >= 11 is 0. The molecule has 7 nitrogen and oxygen atoms in total. The Morgan fingerprint density at radius 1 is 1.35 bits per heavy atom. The summed E-state index contributed by atoms with van der Waals surface area (Å²) in [4.78, 5) is 31.0. The molecule has 0 bridgehead atoms. The van der Waals surface area contributed by atoms with Crippen LogP contribution in [0.2, 0.25) is 0 Å². The summed E-state index contributed by atoms with van der Waals surface area (Å²) in [6.07, 6.45) is 8.74. The van der Waals surface area contributed by atoms with Crippen LogP contribution in [0.1, 0.15) is 43.0 Å². The van der Waals surface area contributed by atoms with E-state index < -0.39 is 0 Å². The molecule has 1 unspecified atom stereocenters. The van der Waals surface area contributed by atoms with Crippen molar-refractivity contribution in [3.63, 3.8) is 0 Å². The van der Waals surface area contributed by atoms with Gasteiger partial charge < -0.3 is 10.2 Å². The van der Waals surface area contributed by atoms with Crippen molar-refractivity contribution in [3.05, 3.63) is 42.4 Å². The van der Waals surface area contributed by atoms with Gasteiger partial charge in [-0.25, -0.2) is 9.67 Å². The number of hydrogen-bond donors (Lipinski definition) is 1. The number of carbonyl (C=O) groups excluding carboxylic acids is 2. The fourth-order valence-corrected chi connectivity index (χ4v) is 3.38. The molecular formula is C19H23N5O2. The number of rotatable bonds is 5. The van der Waals surface area contributed by atoms with Gasteiger partial charge >= 0.3 is 0 Å². The van der Waals surface area contributed by atoms with Gasteiger partial charge in [0.15, 0.2) is 5.82 Å². The summed E-state index contributed by atoms with van der Waals surface area (Å²) in [6.45, 7) is 3.36. The maximum atomic E-state index is 12.8. The maximum Gasteiger partial charge on any atom is 0.254 e. The van der Waals surface area contributed by atoms with Crippen LogP contribution >= 0.6 is 0 Å². The van der Waals surface area contributed by atoms with E-state index in [1.54, 1.807) is 40.3 Å². The van der Waals surface area contributed by atoms with Crippen molar-refractivity contribution in [1.29, 1.82) is 0 Å². The van der Waals surface area contributed by atoms with Crippen LogP contribution in [0, 0.1) is 5.41 Å². The van der Waals surface area contributed by atoms with Crippen molar-refractivity contribution in [1.82, 2.24) is 25.0 Å². The van der Waals surface area contributed by atoms with Crippen molar-refractivity contribution in [2.45, 2.75) is 38.6 Å². The zero-order valence-electron chi connectivity index (χ0n) is 14.9. The van der Waals surface area contributed by atoms with E-state index in [4.69, 9.17) is 0 Å². The van der Waals surface area contributed by atoms with Gasteiger partial charge in [0.05, 0.1) is 0 Å². The van der Waals surface area contributed by atoms with Crippen molar-refractivity contribution >= 4 is 11.8 Å². The van der Waals surface area contributed by atoms with Crippen molar-refractivity contribution in [3.8, 4) is 5.82 Å². The number of amides is 2. The van der Waals surface area contributed by atoms with E-state index >= 15 is 0 Å². The molecule has 0 aromatic carbocycles. The fourth-order valence-electron chi connectivity index (χ4n) is 3.38. The Labute approximate surface area is 152 Å². The van der Waals surface area contributed by atoms with Gasteiger partial charge in [-0.3, -0.25) is 9.59 Å². The second-order valence-electron chi connectivity index (χ2n) is 7.65. The molecule has 1 aliphatic carbocycles. The zero-order chi connectivity index (χ0) is 18.1. The molecule has 3 heterocycles. The number of nitrogens with zero attached hydrogens (tertiary/aromatic N) is 4. The lowest BCUT2D eigenvalue weighted by Crippen LogP contribution is -2.39. The zero-order valence-corrected chi connectivity index (χ0v) is 14.9. The first kappa shape index (κ1) is 16.8. The van der Waals surface area contributed by atoms with E-state index in [1.807, 2.05) is 6.07 Å². The highest BCUT2D eigenvalue weighted by Crippen LogP contribution is 2.47. The summed E-state index contributed by atoms with van der Waals surface area (Å²) in [7, 11) is 0. The molecule has 0 radical (unpaired) electrons. The van der Waals surface area contributed by atoms with Gasteiger partial charge in [0.2, 0.25) is 5.91 Å². The number of carbonyl (C=O) groups is 2. The maximum absolute atomic E-state index is 12.8. The van der Waals surface area contributed by atoms with Gasteiger partial charge in [-0.2, -0.15) is 5.10 Å². The third-order valence-corrected chi connectivity index (χ3v) is 5.26. The molecule has 0 spiro atoms. The van der Waals surface area contributed by atoms with E-state index in [-0.39, 0.29) is 23.3 Å². The lowest BCUT2D eigenvalue weighted by Gasteiger charge is -2.18. The predicted octanol–water partition coefficient (Wildman–Crippen LogP) is 1.79. The Kier molecular flexibility index (Phi) is 4.22. The number of aromatic nitrogens is 3. The number of pyridine rings is 1. The molecule has 1 N–H and O–H groups in total. The topological polar surface area (TPSA) is 80.1 Å². The summed E-state index contributed by atoms with van der Waals surface area (Å²) < 4.78 is 1.63. The molecule has 1 atom stereocenters. The SMILES string of the molecule is CC1(CC(=O)NC2CCN(C(=O)c3ccnc(-n4cccn4)c3)C2)CC1. The Bertz CT molecular complexity index is 813. The average Bonchev–Trinajstić information content (AvgIpc) is 3.07. The van der Waals surface area contributed by atoms with Crippen LogP contribution in [0.5, 0.6) is 0 Å². The molecule has 2 aliphatic rings. The van der Waals surface area contributed by atoms with E-state index in [1.165, 1.54) is 0 Å². The third kappa shape index (κ3) is 3.61. The molecule has 7 heteroatoms. The monoisotopic (exact) mass is 353 g/mol. The highest BCUT2D eigenvalue weighted by molar-refractivity contribution is 5.94. The lowest BCUT2D eigenvalue weighted by atomic mass is 10.1. The minimum absolute atomic E-state index is 0.0355. The van der Waals surface area contributed by atoms with Crippen molar-refractivity contribution in [2.24, 2.45) is 5.41 Å². The molecule has 136 valence electrons. The molecule has 1 aliphatic heterocycles. The molecular weight excluding hydrogens is 330 g/mol. The summed E-state index contributed by atoms with van der Waals surface area (Å²) in [5.74, 6) is 0.684. The summed E-state index contributed by atoms with van der Waals surface area (Å²) in [6, 6.07) is 5.32. The van der Waals surface area contributed by atoms with E-state index in [9.17, 15) is 9.59 Å². The normalized spacial score (nSPS) is 20.8. The van der Waals surface area contributed by atoms with Gasteiger partial charge in [-0.1, -0.05) is 6.92 Å². The number of hydrogen-bond acceptors (Lipinski definition) is 4. The molecule has 1 saturated carbocycles. The van der Waals surface area contributed by atoms with Crippen LogP contribution in [0.15, 0.2) is 36.8 Å². The van der Waals surface area contributed by atoms with E-state index in [0.29, 0.717) is 30.9 Å². The van der Waals surface area contributed by atoms with Crippen LogP contribution in [-0.2, 0) is 4.79 Å². The van der Waals surface area contributed by atoms with Crippen LogP contribution in [0.25, 0.3) is 5.82 Å². The minimum Gasteiger partial charge on any atom is -0.352 e. The Hall–Kier alpha value is -2.70. The quantitative estimate of drug-likeness (QED) is 0.889. The van der Waals surface area contributed by atoms with Gasteiger partial charge in [0, 0.05) is 49.7 Å². The third-order valence-electron chi connectivity index (χ3n) is 5.26. The van der Waals surface area contributed by atoms with Crippen LogP contribution in [0.3, 0.4) is 0 Å². The smallest absolute Gasteiger partial charge is 0.254 e. The molecule has 2 fully saturated rings.